The zero-order valence-corrected chi connectivity index (χ0v) is 12.8. The van der Waals surface area contributed by atoms with E-state index in [0.717, 1.165) is 12.8 Å². The van der Waals surface area contributed by atoms with Gasteiger partial charge in [-0.3, -0.25) is 14.4 Å². The van der Waals surface area contributed by atoms with E-state index < -0.39 is 23.5 Å². The van der Waals surface area contributed by atoms with Crippen LogP contribution in [0.25, 0.3) is 0 Å². The van der Waals surface area contributed by atoms with Gasteiger partial charge in [0.25, 0.3) is 5.91 Å². The summed E-state index contributed by atoms with van der Waals surface area (Å²) in [5.41, 5.74) is 0.543. The number of ketones is 1. The van der Waals surface area contributed by atoms with E-state index in [2.05, 4.69) is 17.2 Å². The highest BCUT2D eigenvalue weighted by atomic mass is 16.2. The molecule has 2 N–H and O–H groups in total. The molecular weight excluding hydrogens is 280 g/mol. The Labute approximate surface area is 130 Å². The summed E-state index contributed by atoms with van der Waals surface area (Å²) in [4.78, 5) is 36.2. The molecule has 1 heterocycles. The predicted molar refractivity (Wildman–Crippen MR) is 83.8 cm³/mol. The molecule has 2 amide bonds. The number of hydrogen-bond acceptors (Lipinski definition) is 3. The topological polar surface area (TPSA) is 75.3 Å². The molecule has 1 aliphatic heterocycles. The van der Waals surface area contributed by atoms with Gasteiger partial charge in [-0.2, -0.15) is 0 Å². The van der Waals surface area contributed by atoms with Crippen molar-refractivity contribution in [2.24, 2.45) is 17.8 Å². The molecular formula is C17H22N2O3. The molecule has 1 saturated carbocycles. The van der Waals surface area contributed by atoms with Gasteiger partial charge in [0.1, 0.15) is 0 Å². The van der Waals surface area contributed by atoms with Crippen LogP contribution < -0.4 is 10.6 Å². The van der Waals surface area contributed by atoms with Crippen molar-refractivity contribution in [1.29, 1.82) is 0 Å². The van der Waals surface area contributed by atoms with Crippen LogP contribution in [0.3, 0.4) is 0 Å². The Bertz CT molecular complexity index is 544. The van der Waals surface area contributed by atoms with Crippen LogP contribution in [-0.4, -0.2) is 30.7 Å². The van der Waals surface area contributed by atoms with Gasteiger partial charge in [-0.1, -0.05) is 30.9 Å². The normalized spacial score (nSPS) is 24.7. The number of carbonyl (C=O) groups is 3. The highest BCUT2D eigenvalue weighted by Crippen LogP contribution is 2.28. The second kappa shape index (κ2) is 7.20. The molecule has 1 saturated heterocycles. The maximum atomic E-state index is 12.3. The molecule has 0 spiro atoms. The van der Waals surface area contributed by atoms with E-state index in [-0.39, 0.29) is 12.5 Å². The van der Waals surface area contributed by atoms with Gasteiger partial charge in [-0.05, 0) is 31.3 Å². The second-order valence-electron chi connectivity index (χ2n) is 5.81. The van der Waals surface area contributed by atoms with Crippen LogP contribution in [0.2, 0.25) is 0 Å². The first-order chi connectivity index (χ1) is 10.5. The quantitative estimate of drug-likeness (QED) is 0.547. The lowest BCUT2D eigenvalue weighted by Gasteiger charge is -2.15. The average molecular weight is 302 g/mol. The van der Waals surface area contributed by atoms with Crippen LogP contribution in [-0.2, 0) is 14.4 Å². The van der Waals surface area contributed by atoms with Crippen molar-refractivity contribution in [2.45, 2.75) is 19.8 Å². The molecule has 5 nitrogen and oxygen atoms in total. The van der Waals surface area contributed by atoms with Crippen LogP contribution in [0.5, 0.6) is 0 Å². The first-order valence-corrected chi connectivity index (χ1v) is 7.62. The number of allylic oxidation sites excluding steroid dienone is 4. The summed E-state index contributed by atoms with van der Waals surface area (Å²) in [6, 6.07) is 0. The number of hydrogen-bond donors (Lipinski definition) is 2. The summed E-state index contributed by atoms with van der Waals surface area (Å²) >= 11 is 0. The van der Waals surface area contributed by atoms with Crippen molar-refractivity contribution in [1.82, 2.24) is 10.6 Å². The van der Waals surface area contributed by atoms with Crippen LogP contribution >= 0.6 is 0 Å². The lowest BCUT2D eigenvalue weighted by Crippen LogP contribution is -2.39. The average Bonchev–Trinajstić information content (AvgIpc) is 3.25. The molecule has 5 heteroatoms. The summed E-state index contributed by atoms with van der Waals surface area (Å²) in [5.74, 6) is -2.21. The maximum absolute atomic E-state index is 12.3. The van der Waals surface area contributed by atoms with Gasteiger partial charge in [0, 0.05) is 13.1 Å². The van der Waals surface area contributed by atoms with Crippen LogP contribution in [0, 0.1) is 17.8 Å². The van der Waals surface area contributed by atoms with E-state index in [0.29, 0.717) is 18.0 Å². The van der Waals surface area contributed by atoms with E-state index in [9.17, 15) is 14.4 Å². The molecule has 0 aromatic heterocycles. The van der Waals surface area contributed by atoms with Crippen LogP contribution in [0.1, 0.15) is 19.8 Å². The minimum atomic E-state index is -0.672. The fraction of sp³-hybridized carbons (Fsp3) is 0.471. The summed E-state index contributed by atoms with van der Waals surface area (Å²) in [5, 5.41) is 5.31. The molecule has 118 valence electrons. The molecule has 2 aliphatic rings. The van der Waals surface area contributed by atoms with E-state index in [1.165, 1.54) is 0 Å². The number of amides is 2. The summed E-state index contributed by atoms with van der Waals surface area (Å²) in [6.45, 7) is 6.49. The van der Waals surface area contributed by atoms with E-state index in [1.54, 1.807) is 12.2 Å². The Morgan fingerprint density at radius 3 is 2.73 bits per heavy atom. The summed E-state index contributed by atoms with van der Waals surface area (Å²) in [6.07, 6.45) is 9.35. The van der Waals surface area contributed by atoms with Crippen molar-refractivity contribution < 1.29 is 14.4 Å². The zero-order valence-electron chi connectivity index (χ0n) is 12.8. The Balaban J connectivity index is 2.00. The van der Waals surface area contributed by atoms with Crippen LogP contribution in [0.15, 0.2) is 36.5 Å². The Morgan fingerprint density at radius 2 is 2.09 bits per heavy atom. The lowest BCUT2D eigenvalue weighted by molar-refractivity contribution is -0.140. The Hall–Kier alpha value is -2.17. The molecule has 22 heavy (non-hydrogen) atoms. The molecule has 0 bridgehead atoms. The molecule has 0 aromatic carbocycles. The third-order valence-corrected chi connectivity index (χ3v) is 4.00. The number of carbonyl (C=O) groups excluding carboxylic acids is 3. The van der Waals surface area contributed by atoms with Gasteiger partial charge in [0.15, 0.2) is 0 Å². The first kappa shape index (κ1) is 16.2. The third kappa shape index (κ3) is 3.93. The predicted octanol–water partition coefficient (Wildman–Crippen LogP) is 1.13. The largest absolute Gasteiger partial charge is 0.355 e. The molecule has 1 aliphatic carbocycles. The Morgan fingerprint density at radius 1 is 1.36 bits per heavy atom. The third-order valence-electron chi connectivity index (χ3n) is 4.00. The standard InChI is InChI=1S/C17H22N2O3/c1-3-4-5-6-11(2)14-13(10-19-16(14)21)15(20)17(22)18-9-12-7-8-12/h3-6,12-14H,2,7-10H2,1H3,(H,18,22)(H,19,21)/b4-3-,6-5-/t13-,14+/m1/s1. The van der Waals surface area contributed by atoms with Crippen molar-refractivity contribution in [2.75, 3.05) is 13.1 Å². The lowest BCUT2D eigenvalue weighted by atomic mass is 9.85. The van der Waals surface area contributed by atoms with Crippen molar-refractivity contribution in [3.05, 3.63) is 36.5 Å². The number of nitrogens with one attached hydrogen (secondary N) is 2. The number of Topliss-reactive ketones (excluding diaryl/α,β-unsaturated/α-hetero) is 1. The van der Waals surface area contributed by atoms with Crippen molar-refractivity contribution >= 4 is 17.6 Å². The minimum Gasteiger partial charge on any atom is -0.355 e. The summed E-state index contributed by atoms with van der Waals surface area (Å²) in [7, 11) is 0. The monoisotopic (exact) mass is 302 g/mol. The Kier molecular flexibility index (Phi) is 5.31. The highest BCUT2D eigenvalue weighted by Gasteiger charge is 2.42. The van der Waals surface area contributed by atoms with Gasteiger partial charge in [0.2, 0.25) is 11.7 Å². The SMILES string of the molecule is C=C(/C=C\C=C/C)[C@@H]1C(=O)NC[C@H]1C(=O)C(=O)NCC1CC1. The molecule has 2 atom stereocenters. The fourth-order valence-electron chi connectivity index (χ4n) is 2.50. The van der Waals surface area contributed by atoms with Gasteiger partial charge in [-0.15, -0.1) is 0 Å². The van der Waals surface area contributed by atoms with Crippen molar-refractivity contribution in [3.8, 4) is 0 Å². The molecule has 0 aromatic rings. The highest BCUT2D eigenvalue weighted by molar-refractivity contribution is 6.37. The molecule has 2 rings (SSSR count). The molecule has 2 fully saturated rings. The van der Waals surface area contributed by atoms with Gasteiger partial charge in [0.05, 0.1) is 11.8 Å². The molecule has 0 unspecified atom stereocenters. The smallest absolute Gasteiger partial charge is 0.287 e. The fourth-order valence-corrected chi connectivity index (χ4v) is 2.50. The zero-order chi connectivity index (χ0) is 16.1. The summed E-state index contributed by atoms with van der Waals surface area (Å²) < 4.78 is 0. The van der Waals surface area contributed by atoms with Gasteiger partial charge >= 0.3 is 0 Å². The van der Waals surface area contributed by atoms with Gasteiger partial charge in [-0.25, -0.2) is 0 Å². The van der Waals surface area contributed by atoms with Crippen molar-refractivity contribution in [3.63, 3.8) is 0 Å². The van der Waals surface area contributed by atoms with E-state index >= 15 is 0 Å². The van der Waals surface area contributed by atoms with E-state index in [4.69, 9.17) is 0 Å². The van der Waals surface area contributed by atoms with Crippen LogP contribution in [0.4, 0.5) is 0 Å². The van der Waals surface area contributed by atoms with E-state index in [1.807, 2.05) is 19.1 Å². The second-order valence-corrected chi connectivity index (χ2v) is 5.81. The minimum absolute atomic E-state index is 0.190. The van der Waals surface area contributed by atoms with Gasteiger partial charge < -0.3 is 10.6 Å². The molecule has 0 radical (unpaired) electrons. The first-order valence-electron chi connectivity index (χ1n) is 7.62. The number of rotatable bonds is 7. The maximum Gasteiger partial charge on any atom is 0.287 e.